The molecule has 0 bridgehead atoms. The molecule has 8 rings (SSSR count). The summed E-state index contributed by atoms with van der Waals surface area (Å²) in [5.74, 6) is 0.00804. The molecule has 2 aromatic carbocycles. The standard InChI is InChI=1S/C20H23N3O2.C11H16ClN3.C9H9BO4.C6H14N2.C5H3Cl2N.CH2O3.3CH4.2Na.H2.H/c1-22-11-4-12-23(14-13-22)19-8-3-7-18(21-19)17-6-2-5-16(15-17)9-10-20(24)25;1-14-6-3-7-15(9-8-14)11-5-2-4-10(12)13-11;11-9(12)5-4-7-2-1-3-8(6-7)10(13)14;1-8-5-2-3-7-4-6-8;6-4-2-1-3-5(7)8-4;2-1-4-3;;;;;;;/h2-3,5-10,15H,4,11-14H2,1H3,(H,24,25);2,4-5H,3,6-9H2,1H3;1-6,13-14H,(H,11,12);7H,2-6H2,1H3;1-3H;1,3H;3*1H4;;;1H;/q;;;;;;;;;2*+1;;-1/p-1/b10-9+;;5-4+;;;;;;;;;;/i;;;;;;;;;;;1+1;. The van der Waals surface area contributed by atoms with Crippen LogP contribution in [0.25, 0.3) is 23.4 Å². The number of carbonyl (C=O) groups is 3. The van der Waals surface area contributed by atoms with E-state index in [1.54, 1.807) is 42.5 Å². The van der Waals surface area contributed by atoms with Crippen LogP contribution in [0, 0.1) is 0 Å². The monoisotopic (exact) mass is 1170 g/mol. The number of carbonyl (C=O) groups excluding carboxylic acids is 1. The molecule has 0 saturated carbocycles. The maximum absolute atomic E-state index is 10.7. The van der Waals surface area contributed by atoms with Gasteiger partial charge in [-0.05, 0) is 138 Å². The van der Waals surface area contributed by atoms with E-state index >= 15 is 0 Å². The molecular weight excluding hydrogens is 1090 g/mol. The first-order chi connectivity index (χ1) is 35.6. The van der Waals surface area contributed by atoms with Gasteiger partial charge in [0.05, 0.1) is 5.69 Å². The Bertz CT molecular complexity index is 2500. The number of nitrogens with zero attached hydrogens (tertiary/aromatic N) is 8. The summed E-state index contributed by atoms with van der Waals surface area (Å²) in [7, 11) is 4.96. The summed E-state index contributed by atoms with van der Waals surface area (Å²) in [6, 6.07) is 31.1. The van der Waals surface area contributed by atoms with E-state index in [1.165, 1.54) is 44.6 Å². The van der Waals surface area contributed by atoms with Gasteiger partial charge in [0, 0.05) is 71.5 Å². The molecular formula is C55H81BCl3N9Na2O9. The number of carboxylic acid groups (broad SMARTS) is 2. The number of pyridine rings is 3. The maximum Gasteiger partial charge on any atom is 1.00 e. The number of benzene rings is 2. The number of rotatable bonds is 9. The Kier molecular flexibility index (Phi) is 46.8. The number of likely N-dealkylation sites (N-methyl/N-ethyl adjacent to an activating group) is 3. The van der Waals surface area contributed by atoms with Gasteiger partial charge in [-0.2, -0.15) is 0 Å². The Balaban J connectivity index is -0.000000302. The van der Waals surface area contributed by atoms with E-state index in [-0.39, 0.29) is 90.7 Å². The van der Waals surface area contributed by atoms with Gasteiger partial charge >= 0.3 is 78.2 Å². The molecule has 0 atom stereocenters. The zero-order chi connectivity index (χ0) is 54.1. The van der Waals surface area contributed by atoms with E-state index < -0.39 is 19.1 Å². The molecule has 0 radical (unpaired) electrons. The molecule has 3 aliphatic rings. The van der Waals surface area contributed by atoms with Crippen molar-refractivity contribution in [3.05, 3.63) is 142 Å². The number of nitrogens with one attached hydrogen (secondary N) is 1. The van der Waals surface area contributed by atoms with Gasteiger partial charge in [-0.1, -0.05) is 118 Å². The van der Waals surface area contributed by atoms with E-state index in [4.69, 9.17) is 70.1 Å². The fourth-order valence-electron chi connectivity index (χ4n) is 7.21. The molecule has 426 valence electrons. The molecule has 0 amide bonds. The second-order valence-corrected chi connectivity index (χ2v) is 18.0. The topological polar surface area (TPSA) is 231 Å². The molecule has 3 aromatic heterocycles. The summed E-state index contributed by atoms with van der Waals surface area (Å²) in [5.41, 5.74) is 3.68. The van der Waals surface area contributed by atoms with Crippen LogP contribution in [-0.4, -0.2) is 175 Å². The summed E-state index contributed by atoms with van der Waals surface area (Å²) in [6.07, 6.45) is 8.74. The van der Waals surface area contributed by atoms with E-state index in [1.807, 2.05) is 54.6 Å². The molecule has 3 fully saturated rings. The second-order valence-electron chi connectivity index (χ2n) is 16.9. The fraction of sp³-hybridized carbons (Fsp3) is 0.382. The molecule has 18 nitrogen and oxygen atoms in total. The minimum absolute atomic E-state index is 0. The predicted octanol–water partition coefficient (Wildman–Crippen LogP) is 1.34. The van der Waals surface area contributed by atoms with Crippen LogP contribution in [0.5, 0.6) is 0 Å². The van der Waals surface area contributed by atoms with Gasteiger partial charge in [0.2, 0.25) is 0 Å². The van der Waals surface area contributed by atoms with Crippen molar-refractivity contribution in [1.82, 2.24) is 35.0 Å². The van der Waals surface area contributed by atoms with Crippen LogP contribution in [0.4, 0.5) is 11.6 Å². The number of halogens is 3. The minimum Gasteiger partial charge on any atom is -1.00 e. The average Bonchev–Trinajstić information content (AvgIpc) is 3.88. The summed E-state index contributed by atoms with van der Waals surface area (Å²) in [5, 5.41) is 48.0. The Morgan fingerprint density at radius 1 is 0.608 bits per heavy atom. The molecule has 3 aliphatic heterocycles. The van der Waals surface area contributed by atoms with Crippen LogP contribution in [0.15, 0.2) is 115 Å². The summed E-state index contributed by atoms with van der Waals surface area (Å²) < 4.78 is 0. The van der Waals surface area contributed by atoms with Crippen LogP contribution < -0.4 is 85.0 Å². The Hall–Kier alpha value is -3.97. The maximum atomic E-state index is 10.7. The zero-order valence-electron chi connectivity index (χ0n) is 44.9. The Morgan fingerprint density at radius 2 is 1.05 bits per heavy atom. The first-order valence-corrected chi connectivity index (χ1v) is 24.9. The van der Waals surface area contributed by atoms with Crippen molar-refractivity contribution >= 4 is 89.6 Å². The van der Waals surface area contributed by atoms with Crippen molar-refractivity contribution < 1.29 is 107 Å². The minimum atomic E-state index is -1.53. The fourth-order valence-corrected chi connectivity index (χ4v) is 7.74. The van der Waals surface area contributed by atoms with Crippen LogP contribution in [-0.2, 0) is 19.3 Å². The van der Waals surface area contributed by atoms with Gasteiger partial charge in [0.15, 0.2) is 0 Å². The molecule has 5 aromatic rings. The molecule has 3 saturated heterocycles. The largest absolute Gasteiger partial charge is 1.00 e. The van der Waals surface area contributed by atoms with Gasteiger partial charge in [-0.15, -0.1) is 0 Å². The zero-order valence-corrected chi connectivity index (χ0v) is 50.2. The van der Waals surface area contributed by atoms with Crippen molar-refractivity contribution in [2.45, 2.75) is 41.5 Å². The quantitative estimate of drug-likeness (QED) is 0.0350. The Labute approximate surface area is 531 Å². The number of carboxylic acids is 2. The summed E-state index contributed by atoms with van der Waals surface area (Å²) in [6.45, 7) is 13.2. The van der Waals surface area contributed by atoms with Gasteiger partial charge in [0.1, 0.15) is 27.1 Å². The van der Waals surface area contributed by atoms with E-state index in [0.29, 0.717) is 26.5 Å². The van der Waals surface area contributed by atoms with E-state index in [0.717, 1.165) is 106 Å². The van der Waals surface area contributed by atoms with Gasteiger partial charge < -0.3 is 61.6 Å². The number of aromatic nitrogens is 3. The Morgan fingerprint density at radius 3 is 1.53 bits per heavy atom. The van der Waals surface area contributed by atoms with Crippen molar-refractivity contribution in [1.29, 1.82) is 0 Å². The third-order valence-corrected chi connectivity index (χ3v) is 11.7. The predicted molar refractivity (Wildman–Crippen MR) is 317 cm³/mol. The van der Waals surface area contributed by atoms with E-state index in [9.17, 15) is 9.59 Å². The van der Waals surface area contributed by atoms with Crippen molar-refractivity contribution in [2.75, 3.05) is 109 Å². The number of hydrogen-bond acceptors (Lipinski definition) is 16. The SMILES string of the molecule is C.C.C.CN1CCCN(c2cccc(-c3cccc(/C=C/C(=O)O)c3)n2)CC1.CN1CCCN(c2cccc(Cl)n2)CC1.CN1CCCNCC1.Clc1cccc(Cl)n1.O=C(O)/C=C/c1cccc(B(O)O)c1.O=CO[O-].[2HH].[H-].[Na+].[Na+]. The summed E-state index contributed by atoms with van der Waals surface area (Å²) >= 11 is 16.8. The second kappa shape index (κ2) is 46.6. The van der Waals surface area contributed by atoms with E-state index in [2.05, 4.69) is 71.9 Å². The molecule has 5 N–H and O–H groups in total. The smallest absolute Gasteiger partial charge is 1.00 e. The molecule has 0 aliphatic carbocycles. The third kappa shape index (κ3) is 35.5. The van der Waals surface area contributed by atoms with Crippen LogP contribution >= 0.6 is 34.8 Å². The first-order valence-electron chi connectivity index (χ1n) is 23.8. The summed E-state index contributed by atoms with van der Waals surface area (Å²) in [4.78, 5) is 56.7. The molecule has 6 heterocycles. The average molecular weight is 1180 g/mol. The number of anilines is 2. The van der Waals surface area contributed by atoms with Crippen LogP contribution in [0.2, 0.25) is 15.5 Å². The number of hydrogen-bond donors (Lipinski definition) is 5. The van der Waals surface area contributed by atoms with Crippen LogP contribution in [0.1, 0.15) is 55.5 Å². The van der Waals surface area contributed by atoms with Gasteiger partial charge in [-0.3, -0.25) is 4.79 Å². The van der Waals surface area contributed by atoms with Crippen LogP contribution in [0.3, 0.4) is 0 Å². The van der Waals surface area contributed by atoms with Crippen molar-refractivity contribution in [2.24, 2.45) is 0 Å². The third-order valence-electron chi connectivity index (χ3n) is 11.0. The molecule has 79 heavy (non-hydrogen) atoms. The van der Waals surface area contributed by atoms with Gasteiger partial charge in [-0.25, -0.2) is 24.5 Å². The molecule has 0 unspecified atom stereocenters. The normalized spacial score (nSPS) is 14.3. The van der Waals surface area contributed by atoms with Crippen molar-refractivity contribution in [3.63, 3.8) is 0 Å². The molecule has 0 spiro atoms. The van der Waals surface area contributed by atoms with Crippen molar-refractivity contribution in [3.8, 4) is 11.3 Å². The van der Waals surface area contributed by atoms with Gasteiger partial charge in [0.25, 0.3) is 6.47 Å². The molecule has 24 heteroatoms. The number of aliphatic carboxylic acids is 2. The first kappa shape index (κ1) is 79.3.